The van der Waals surface area contributed by atoms with Crippen LogP contribution in [0.1, 0.15) is 24.8 Å². The smallest absolute Gasteiger partial charge is 0.389 e. The summed E-state index contributed by atoms with van der Waals surface area (Å²) < 4.78 is 46.7. The molecule has 1 aromatic rings. The van der Waals surface area contributed by atoms with Crippen LogP contribution in [0.25, 0.3) is 0 Å². The number of nitrogens with zero attached hydrogens (tertiary/aromatic N) is 1. The lowest BCUT2D eigenvalue weighted by molar-refractivity contribution is -0.135. The van der Waals surface area contributed by atoms with Crippen LogP contribution < -0.4 is 20.1 Å². The molecule has 1 heterocycles. The average molecular weight is 473 g/mol. The van der Waals surface area contributed by atoms with Gasteiger partial charge in [-0.05, 0) is 37.0 Å². The minimum atomic E-state index is -4.08. The van der Waals surface area contributed by atoms with Crippen molar-refractivity contribution >= 4 is 29.9 Å². The molecule has 0 aliphatic carbocycles. The standard InChI is InChI=1S/C16H22F3N3O2.HI/c1-20-15(21-8-3-2-7-16(17,18)19)22-9-6-12-4-5-13-14(10-12)24-11-23-13;/h4-5,10H,2-3,6-9,11H2,1H3,(H2,20,21,22);1H. The highest BCUT2D eigenvalue weighted by Gasteiger charge is 2.25. The van der Waals surface area contributed by atoms with Gasteiger partial charge in [0.15, 0.2) is 17.5 Å². The van der Waals surface area contributed by atoms with Crippen LogP contribution in [-0.2, 0) is 6.42 Å². The van der Waals surface area contributed by atoms with Crippen molar-refractivity contribution in [2.24, 2.45) is 4.99 Å². The lowest BCUT2D eigenvalue weighted by atomic mass is 10.1. The summed E-state index contributed by atoms with van der Waals surface area (Å²) in [6.07, 6.45) is -3.49. The van der Waals surface area contributed by atoms with E-state index in [1.54, 1.807) is 7.05 Å². The fraction of sp³-hybridized carbons (Fsp3) is 0.562. The number of hydrogen-bond donors (Lipinski definition) is 2. The van der Waals surface area contributed by atoms with Gasteiger partial charge in [-0.25, -0.2) is 0 Å². The van der Waals surface area contributed by atoms with E-state index in [1.165, 1.54) is 0 Å². The molecule has 0 unspecified atom stereocenters. The number of unbranched alkanes of at least 4 members (excludes halogenated alkanes) is 1. The molecule has 0 radical (unpaired) electrons. The molecule has 0 fully saturated rings. The molecular formula is C16H23F3IN3O2. The summed E-state index contributed by atoms with van der Waals surface area (Å²) in [5, 5.41) is 6.15. The molecule has 1 aliphatic rings. The number of hydrogen-bond acceptors (Lipinski definition) is 3. The summed E-state index contributed by atoms with van der Waals surface area (Å²) in [6.45, 7) is 1.36. The molecule has 1 aromatic carbocycles. The summed E-state index contributed by atoms with van der Waals surface area (Å²) in [7, 11) is 1.63. The molecule has 9 heteroatoms. The Labute approximate surface area is 162 Å². The number of fused-ring (bicyclic) bond motifs is 1. The minimum Gasteiger partial charge on any atom is -0.454 e. The Kier molecular flexibility index (Phi) is 9.15. The van der Waals surface area contributed by atoms with Crippen LogP contribution in [0.4, 0.5) is 13.2 Å². The van der Waals surface area contributed by atoms with Gasteiger partial charge in [-0.15, -0.1) is 24.0 Å². The molecule has 142 valence electrons. The second-order valence-electron chi connectivity index (χ2n) is 5.44. The second kappa shape index (κ2) is 10.6. The first-order valence-electron chi connectivity index (χ1n) is 7.88. The largest absolute Gasteiger partial charge is 0.454 e. The van der Waals surface area contributed by atoms with Gasteiger partial charge in [0.1, 0.15) is 0 Å². The molecule has 25 heavy (non-hydrogen) atoms. The topological polar surface area (TPSA) is 54.9 Å². The van der Waals surface area contributed by atoms with Gasteiger partial charge < -0.3 is 20.1 Å². The fourth-order valence-electron chi connectivity index (χ4n) is 2.30. The predicted molar refractivity (Wildman–Crippen MR) is 101 cm³/mol. The summed E-state index contributed by atoms with van der Waals surface area (Å²) >= 11 is 0. The Morgan fingerprint density at radius 3 is 2.56 bits per heavy atom. The van der Waals surface area contributed by atoms with Crippen LogP contribution in [0.15, 0.2) is 23.2 Å². The number of nitrogens with one attached hydrogen (secondary N) is 2. The fourth-order valence-corrected chi connectivity index (χ4v) is 2.30. The van der Waals surface area contributed by atoms with Gasteiger partial charge >= 0.3 is 6.18 Å². The highest BCUT2D eigenvalue weighted by molar-refractivity contribution is 14.0. The van der Waals surface area contributed by atoms with Crippen LogP contribution in [0.3, 0.4) is 0 Å². The molecule has 0 atom stereocenters. The molecule has 2 rings (SSSR count). The molecular weight excluding hydrogens is 450 g/mol. The maximum atomic E-state index is 12.0. The van der Waals surface area contributed by atoms with E-state index in [1.807, 2.05) is 18.2 Å². The Balaban J connectivity index is 0.00000312. The van der Waals surface area contributed by atoms with Gasteiger partial charge in [0, 0.05) is 26.6 Å². The van der Waals surface area contributed by atoms with Crippen molar-refractivity contribution in [3.63, 3.8) is 0 Å². The van der Waals surface area contributed by atoms with Gasteiger partial charge in [0.25, 0.3) is 0 Å². The highest BCUT2D eigenvalue weighted by Crippen LogP contribution is 2.32. The van der Waals surface area contributed by atoms with Crippen molar-refractivity contribution in [3.8, 4) is 11.5 Å². The van der Waals surface area contributed by atoms with Crippen molar-refractivity contribution in [1.29, 1.82) is 0 Å². The SMILES string of the molecule is CN=C(NCCCCC(F)(F)F)NCCc1ccc2c(c1)OCO2.I. The van der Waals surface area contributed by atoms with Gasteiger partial charge in [-0.1, -0.05) is 6.07 Å². The summed E-state index contributed by atoms with van der Waals surface area (Å²) in [6, 6.07) is 5.80. The quantitative estimate of drug-likeness (QED) is 0.276. The molecule has 2 N–H and O–H groups in total. The van der Waals surface area contributed by atoms with Gasteiger partial charge in [-0.2, -0.15) is 13.2 Å². The van der Waals surface area contributed by atoms with E-state index in [0.717, 1.165) is 23.5 Å². The van der Waals surface area contributed by atoms with E-state index >= 15 is 0 Å². The van der Waals surface area contributed by atoms with Crippen LogP contribution in [-0.4, -0.2) is 39.1 Å². The zero-order chi connectivity index (χ0) is 17.4. The van der Waals surface area contributed by atoms with Crippen LogP contribution >= 0.6 is 24.0 Å². The third-order valence-corrected chi connectivity index (χ3v) is 3.55. The first-order valence-corrected chi connectivity index (χ1v) is 7.88. The molecule has 0 bridgehead atoms. The molecule has 0 saturated carbocycles. The van der Waals surface area contributed by atoms with Gasteiger partial charge in [-0.3, -0.25) is 4.99 Å². The first kappa shape index (κ1) is 21.7. The van der Waals surface area contributed by atoms with Crippen LogP contribution in [0.2, 0.25) is 0 Å². The van der Waals surface area contributed by atoms with E-state index in [-0.39, 0.29) is 37.2 Å². The van der Waals surface area contributed by atoms with Crippen molar-refractivity contribution in [3.05, 3.63) is 23.8 Å². The number of aliphatic imine (C=N–C) groups is 1. The van der Waals surface area contributed by atoms with Crippen molar-refractivity contribution < 1.29 is 22.6 Å². The predicted octanol–water partition coefficient (Wildman–Crippen LogP) is 3.47. The lowest BCUT2D eigenvalue weighted by Crippen LogP contribution is -2.38. The first-order chi connectivity index (χ1) is 11.5. The zero-order valence-electron chi connectivity index (χ0n) is 14.0. The number of alkyl halides is 3. The number of guanidine groups is 1. The number of ether oxygens (including phenoxy) is 2. The van der Waals surface area contributed by atoms with E-state index in [0.29, 0.717) is 25.5 Å². The van der Waals surface area contributed by atoms with E-state index in [4.69, 9.17) is 9.47 Å². The molecule has 0 aromatic heterocycles. The average Bonchev–Trinajstić information content (AvgIpc) is 2.99. The van der Waals surface area contributed by atoms with Crippen molar-refractivity contribution in [1.82, 2.24) is 10.6 Å². The van der Waals surface area contributed by atoms with Crippen molar-refractivity contribution in [2.45, 2.75) is 31.9 Å². The zero-order valence-corrected chi connectivity index (χ0v) is 16.3. The Bertz CT molecular complexity index is 568. The molecule has 0 amide bonds. The maximum Gasteiger partial charge on any atom is 0.389 e. The summed E-state index contributed by atoms with van der Waals surface area (Å²) in [5.41, 5.74) is 1.10. The summed E-state index contributed by atoms with van der Waals surface area (Å²) in [5.74, 6) is 2.09. The summed E-state index contributed by atoms with van der Waals surface area (Å²) in [4.78, 5) is 4.05. The number of halogens is 4. The maximum absolute atomic E-state index is 12.0. The van der Waals surface area contributed by atoms with Crippen molar-refractivity contribution in [2.75, 3.05) is 26.9 Å². The van der Waals surface area contributed by atoms with E-state index in [2.05, 4.69) is 15.6 Å². The molecule has 0 spiro atoms. The number of benzene rings is 1. The van der Waals surface area contributed by atoms with Gasteiger partial charge in [0.2, 0.25) is 6.79 Å². The second-order valence-corrected chi connectivity index (χ2v) is 5.44. The monoisotopic (exact) mass is 473 g/mol. The Morgan fingerprint density at radius 2 is 1.84 bits per heavy atom. The van der Waals surface area contributed by atoms with E-state index in [9.17, 15) is 13.2 Å². The molecule has 5 nitrogen and oxygen atoms in total. The van der Waals surface area contributed by atoms with Crippen LogP contribution in [0, 0.1) is 0 Å². The normalized spacial score (nSPS) is 13.4. The third kappa shape index (κ3) is 8.02. The highest BCUT2D eigenvalue weighted by atomic mass is 127. The molecule has 1 aliphatic heterocycles. The Morgan fingerprint density at radius 1 is 1.12 bits per heavy atom. The van der Waals surface area contributed by atoms with Crippen LogP contribution in [0.5, 0.6) is 11.5 Å². The third-order valence-electron chi connectivity index (χ3n) is 3.55. The number of rotatable bonds is 7. The minimum absolute atomic E-state index is 0. The van der Waals surface area contributed by atoms with Gasteiger partial charge in [0.05, 0.1) is 0 Å². The van der Waals surface area contributed by atoms with E-state index < -0.39 is 12.6 Å². The molecule has 0 saturated heterocycles. The Hall–Kier alpha value is -1.39. The lowest BCUT2D eigenvalue weighted by Gasteiger charge is -2.12.